The zero-order valence-corrected chi connectivity index (χ0v) is 9.85. The molecule has 0 amide bonds. The molecule has 2 aromatic carbocycles. The maximum atomic E-state index is 13.7. The zero-order valence-electron chi connectivity index (χ0n) is 9.10. The summed E-state index contributed by atoms with van der Waals surface area (Å²) in [5, 5.41) is 0.178. The van der Waals surface area contributed by atoms with Crippen molar-refractivity contribution in [1.29, 1.82) is 0 Å². The maximum Gasteiger partial charge on any atom is 0.133 e. The molecule has 2 aromatic rings. The van der Waals surface area contributed by atoms with Gasteiger partial charge in [0.2, 0.25) is 0 Å². The van der Waals surface area contributed by atoms with Crippen LogP contribution in [0.1, 0.15) is 5.56 Å². The molecular weight excluding hydrogens is 244 g/mol. The smallest absolute Gasteiger partial charge is 0.133 e. The first-order chi connectivity index (χ1) is 7.99. The van der Waals surface area contributed by atoms with Crippen LogP contribution in [-0.2, 0) is 0 Å². The Labute approximate surface area is 103 Å². The van der Waals surface area contributed by atoms with E-state index in [2.05, 4.69) is 0 Å². The topological polar surface area (TPSA) is 26.0 Å². The van der Waals surface area contributed by atoms with Gasteiger partial charge in [-0.2, -0.15) is 0 Å². The summed E-state index contributed by atoms with van der Waals surface area (Å²) in [4.78, 5) is 0. The predicted octanol–water partition coefficient (Wildman–Crippen LogP) is 4.18. The van der Waals surface area contributed by atoms with E-state index < -0.39 is 11.6 Å². The summed E-state index contributed by atoms with van der Waals surface area (Å²) in [5.74, 6) is -0.882. The minimum absolute atomic E-state index is 0.178. The van der Waals surface area contributed by atoms with Gasteiger partial charge in [-0.15, -0.1) is 0 Å². The summed E-state index contributed by atoms with van der Waals surface area (Å²) in [6, 6.07) is 7.02. The summed E-state index contributed by atoms with van der Waals surface area (Å²) in [5.41, 5.74) is 6.99. The number of rotatable bonds is 1. The molecule has 17 heavy (non-hydrogen) atoms. The summed E-state index contributed by atoms with van der Waals surface area (Å²) in [6.07, 6.45) is 0. The molecule has 88 valence electrons. The first-order valence-corrected chi connectivity index (χ1v) is 5.38. The third kappa shape index (κ3) is 2.24. The Morgan fingerprint density at radius 1 is 1.00 bits per heavy atom. The fourth-order valence-corrected chi connectivity index (χ4v) is 1.87. The molecule has 0 unspecified atom stereocenters. The highest BCUT2D eigenvalue weighted by molar-refractivity contribution is 6.33. The molecule has 4 heteroatoms. The average Bonchev–Trinajstić information content (AvgIpc) is 2.24. The average molecular weight is 254 g/mol. The van der Waals surface area contributed by atoms with Crippen LogP contribution < -0.4 is 5.73 Å². The first-order valence-electron chi connectivity index (χ1n) is 5.00. The van der Waals surface area contributed by atoms with Gasteiger partial charge in [0.1, 0.15) is 11.6 Å². The fourth-order valence-electron chi connectivity index (χ4n) is 1.61. The number of aryl methyl sites for hydroxylation is 1. The van der Waals surface area contributed by atoms with Crippen LogP contribution in [0, 0.1) is 18.6 Å². The minimum atomic E-state index is -0.474. The van der Waals surface area contributed by atoms with Gasteiger partial charge < -0.3 is 5.73 Å². The standard InChI is InChI=1S/C13H10ClF2N/c1-7-4-10(11(14)6-12(7)15)9-3-2-8(17)5-13(9)16/h2-6H,17H2,1H3. The quantitative estimate of drug-likeness (QED) is 0.758. The lowest BCUT2D eigenvalue weighted by molar-refractivity contribution is 0.618. The second-order valence-electron chi connectivity index (χ2n) is 3.82. The second-order valence-corrected chi connectivity index (χ2v) is 4.23. The Morgan fingerprint density at radius 2 is 1.71 bits per heavy atom. The predicted molar refractivity (Wildman–Crippen MR) is 66.0 cm³/mol. The molecule has 0 atom stereocenters. The van der Waals surface area contributed by atoms with Crippen LogP contribution in [0.2, 0.25) is 5.02 Å². The Hall–Kier alpha value is -1.61. The van der Waals surface area contributed by atoms with E-state index in [0.29, 0.717) is 22.4 Å². The first kappa shape index (κ1) is 11.9. The van der Waals surface area contributed by atoms with Crippen molar-refractivity contribution in [2.24, 2.45) is 0 Å². The van der Waals surface area contributed by atoms with Crippen molar-refractivity contribution in [3.8, 4) is 11.1 Å². The number of hydrogen-bond acceptors (Lipinski definition) is 1. The molecule has 0 radical (unpaired) electrons. The second kappa shape index (κ2) is 4.34. The fraction of sp³-hybridized carbons (Fsp3) is 0.0769. The van der Waals surface area contributed by atoms with Gasteiger partial charge in [0.15, 0.2) is 0 Å². The molecule has 0 aliphatic rings. The van der Waals surface area contributed by atoms with Crippen LogP contribution in [-0.4, -0.2) is 0 Å². The van der Waals surface area contributed by atoms with E-state index in [4.69, 9.17) is 17.3 Å². The van der Waals surface area contributed by atoms with Crippen LogP contribution in [0.25, 0.3) is 11.1 Å². The molecule has 0 heterocycles. The Morgan fingerprint density at radius 3 is 2.35 bits per heavy atom. The van der Waals surface area contributed by atoms with E-state index in [-0.39, 0.29) is 5.02 Å². The van der Waals surface area contributed by atoms with Crippen molar-refractivity contribution in [1.82, 2.24) is 0 Å². The van der Waals surface area contributed by atoms with Crippen LogP contribution in [0.3, 0.4) is 0 Å². The maximum absolute atomic E-state index is 13.7. The third-order valence-corrected chi connectivity index (χ3v) is 2.84. The SMILES string of the molecule is Cc1cc(-c2ccc(N)cc2F)c(Cl)cc1F. The summed E-state index contributed by atoms with van der Waals surface area (Å²) >= 11 is 5.91. The minimum Gasteiger partial charge on any atom is -0.399 e. The van der Waals surface area contributed by atoms with E-state index in [0.717, 1.165) is 0 Å². The van der Waals surface area contributed by atoms with Crippen molar-refractivity contribution < 1.29 is 8.78 Å². The molecule has 0 saturated heterocycles. The van der Waals surface area contributed by atoms with Gasteiger partial charge in [0.05, 0.1) is 5.02 Å². The molecule has 0 aromatic heterocycles. The van der Waals surface area contributed by atoms with Gasteiger partial charge in [-0.25, -0.2) is 8.78 Å². The van der Waals surface area contributed by atoms with Crippen LogP contribution in [0.15, 0.2) is 30.3 Å². The molecule has 0 aliphatic carbocycles. The summed E-state index contributed by atoms with van der Waals surface area (Å²) < 4.78 is 27.0. The van der Waals surface area contributed by atoms with Crippen molar-refractivity contribution >= 4 is 17.3 Å². The summed E-state index contributed by atoms with van der Waals surface area (Å²) in [7, 11) is 0. The number of halogens is 3. The van der Waals surface area contributed by atoms with Crippen molar-refractivity contribution in [2.75, 3.05) is 5.73 Å². The number of benzene rings is 2. The largest absolute Gasteiger partial charge is 0.399 e. The summed E-state index contributed by atoms with van der Waals surface area (Å²) in [6.45, 7) is 1.60. The zero-order chi connectivity index (χ0) is 12.6. The Kier molecular flexibility index (Phi) is 3.03. The van der Waals surface area contributed by atoms with Crippen LogP contribution in [0.4, 0.5) is 14.5 Å². The Balaban J connectivity index is 2.64. The normalized spacial score (nSPS) is 10.6. The molecule has 0 bridgehead atoms. The van der Waals surface area contributed by atoms with Gasteiger partial charge in [-0.3, -0.25) is 0 Å². The number of hydrogen-bond donors (Lipinski definition) is 1. The lowest BCUT2D eigenvalue weighted by Gasteiger charge is -2.08. The van der Waals surface area contributed by atoms with E-state index >= 15 is 0 Å². The van der Waals surface area contributed by atoms with Gasteiger partial charge in [0.25, 0.3) is 0 Å². The number of anilines is 1. The molecule has 2 rings (SSSR count). The number of nitrogen functional groups attached to an aromatic ring is 1. The third-order valence-electron chi connectivity index (χ3n) is 2.53. The monoisotopic (exact) mass is 253 g/mol. The van der Waals surface area contributed by atoms with Gasteiger partial charge in [-0.1, -0.05) is 11.6 Å². The van der Waals surface area contributed by atoms with E-state index in [1.165, 1.54) is 24.3 Å². The van der Waals surface area contributed by atoms with Crippen molar-refractivity contribution in [3.63, 3.8) is 0 Å². The molecular formula is C13H10ClF2N. The van der Waals surface area contributed by atoms with Crippen molar-refractivity contribution in [2.45, 2.75) is 6.92 Å². The molecule has 0 fully saturated rings. The van der Waals surface area contributed by atoms with Gasteiger partial charge in [0, 0.05) is 16.8 Å². The van der Waals surface area contributed by atoms with E-state index in [1.807, 2.05) is 0 Å². The molecule has 0 aliphatic heterocycles. The van der Waals surface area contributed by atoms with E-state index in [1.54, 1.807) is 13.0 Å². The molecule has 0 spiro atoms. The molecule has 0 saturated carbocycles. The van der Waals surface area contributed by atoms with Crippen LogP contribution in [0.5, 0.6) is 0 Å². The van der Waals surface area contributed by atoms with Gasteiger partial charge >= 0.3 is 0 Å². The van der Waals surface area contributed by atoms with Gasteiger partial charge in [-0.05, 0) is 42.8 Å². The molecule has 1 nitrogen and oxygen atoms in total. The Bertz CT molecular complexity index is 582. The number of nitrogens with two attached hydrogens (primary N) is 1. The highest BCUT2D eigenvalue weighted by Crippen LogP contribution is 2.32. The highest BCUT2D eigenvalue weighted by atomic mass is 35.5. The highest BCUT2D eigenvalue weighted by Gasteiger charge is 2.11. The lowest BCUT2D eigenvalue weighted by atomic mass is 10.0. The van der Waals surface area contributed by atoms with Crippen molar-refractivity contribution in [3.05, 3.63) is 52.6 Å². The molecule has 2 N–H and O–H groups in total. The lowest BCUT2D eigenvalue weighted by Crippen LogP contribution is -1.92. The van der Waals surface area contributed by atoms with E-state index in [9.17, 15) is 8.78 Å². The van der Waals surface area contributed by atoms with Crippen LogP contribution >= 0.6 is 11.6 Å².